The fraction of sp³-hybridized carbons (Fsp3) is 0.222. The average molecular weight is 355 g/mol. The Labute approximate surface area is 150 Å². The number of carbonyl (C=O) groups is 1. The van der Waals surface area contributed by atoms with Crippen LogP contribution in [0.25, 0.3) is 0 Å². The largest absolute Gasteiger partial charge is 0.326 e. The highest BCUT2D eigenvalue weighted by molar-refractivity contribution is 7.84. The van der Waals surface area contributed by atoms with Crippen molar-refractivity contribution in [2.45, 2.75) is 25.9 Å². The molecule has 6 heteroatoms. The van der Waals surface area contributed by atoms with Gasteiger partial charge in [0.15, 0.2) is 0 Å². The third kappa shape index (κ3) is 2.93. The van der Waals surface area contributed by atoms with Crippen molar-refractivity contribution in [2.24, 2.45) is 0 Å². The zero-order valence-electron chi connectivity index (χ0n) is 13.4. The second-order valence-electron chi connectivity index (χ2n) is 5.82. The van der Waals surface area contributed by atoms with Crippen LogP contribution in [0, 0.1) is 11.3 Å². The Morgan fingerprint density at radius 1 is 1.29 bits per heavy atom. The fourth-order valence-corrected chi connectivity index (χ4v) is 3.79. The van der Waals surface area contributed by atoms with E-state index in [-0.39, 0.29) is 11.7 Å². The summed E-state index contributed by atoms with van der Waals surface area (Å²) in [6, 6.07) is 14.0. The number of nitrogens with zero attached hydrogens (tertiary/aromatic N) is 2. The third-order valence-electron chi connectivity index (χ3n) is 3.97. The van der Waals surface area contributed by atoms with Crippen LogP contribution in [0.4, 0.5) is 5.69 Å². The molecule has 2 heterocycles. The summed E-state index contributed by atoms with van der Waals surface area (Å²) < 4.78 is 0. The maximum absolute atomic E-state index is 12.2. The van der Waals surface area contributed by atoms with E-state index in [9.17, 15) is 10.1 Å². The summed E-state index contributed by atoms with van der Waals surface area (Å²) in [7, 11) is 0. The molecule has 4 nitrogen and oxygen atoms in total. The number of thiol groups is 1. The molecule has 122 valence electrons. The van der Waals surface area contributed by atoms with Crippen LogP contribution in [-0.2, 0) is 4.79 Å². The lowest BCUT2D eigenvalue weighted by Crippen LogP contribution is -2.45. The number of benzene rings is 1. The SMILES string of the molecule is CC(C)c1ccc(N2C(S)=C(C#N)C(=O)NC2c2cccs2)cc1. The van der Waals surface area contributed by atoms with E-state index >= 15 is 0 Å². The Hall–Kier alpha value is -2.23. The minimum absolute atomic E-state index is 0.0269. The van der Waals surface area contributed by atoms with Gasteiger partial charge >= 0.3 is 0 Å². The number of thiophene rings is 1. The van der Waals surface area contributed by atoms with Gasteiger partial charge in [0.05, 0.1) is 5.03 Å². The van der Waals surface area contributed by atoms with E-state index in [4.69, 9.17) is 0 Å². The summed E-state index contributed by atoms with van der Waals surface area (Å²) in [5, 5.41) is 14.5. The van der Waals surface area contributed by atoms with Crippen molar-refractivity contribution in [2.75, 3.05) is 4.90 Å². The lowest BCUT2D eigenvalue weighted by molar-refractivity contribution is -0.118. The van der Waals surface area contributed by atoms with E-state index in [2.05, 4.69) is 43.9 Å². The number of amides is 1. The predicted octanol–water partition coefficient (Wildman–Crippen LogP) is 4.17. The zero-order chi connectivity index (χ0) is 17.3. The molecular formula is C18H17N3OS2. The molecule has 1 aromatic carbocycles. The molecule has 1 aliphatic rings. The average Bonchev–Trinajstić information content (AvgIpc) is 3.09. The van der Waals surface area contributed by atoms with Crippen LogP contribution in [0.3, 0.4) is 0 Å². The quantitative estimate of drug-likeness (QED) is 0.813. The molecule has 0 bridgehead atoms. The number of carbonyl (C=O) groups excluding carboxylic acids is 1. The molecule has 0 aliphatic carbocycles. The summed E-state index contributed by atoms with van der Waals surface area (Å²) in [5.74, 6) is 0.0461. The van der Waals surface area contributed by atoms with Gasteiger partial charge in [-0.05, 0) is 35.1 Å². The Morgan fingerprint density at radius 3 is 2.54 bits per heavy atom. The summed E-state index contributed by atoms with van der Waals surface area (Å²) >= 11 is 6.04. The Kier molecular flexibility index (Phi) is 4.65. The van der Waals surface area contributed by atoms with Crippen molar-refractivity contribution < 1.29 is 4.79 Å². The molecule has 2 aromatic rings. The number of nitrogens with one attached hydrogen (secondary N) is 1. The fourth-order valence-electron chi connectivity index (χ4n) is 2.64. The van der Waals surface area contributed by atoms with Gasteiger partial charge < -0.3 is 10.2 Å². The van der Waals surface area contributed by atoms with Crippen molar-refractivity contribution in [3.8, 4) is 6.07 Å². The zero-order valence-corrected chi connectivity index (χ0v) is 15.1. The van der Waals surface area contributed by atoms with E-state index in [0.29, 0.717) is 10.9 Å². The molecule has 0 radical (unpaired) electrons. The molecule has 1 aliphatic heterocycles. The first-order valence-electron chi connectivity index (χ1n) is 7.59. The van der Waals surface area contributed by atoms with E-state index < -0.39 is 5.91 Å². The number of anilines is 1. The Balaban J connectivity index is 2.09. The van der Waals surface area contributed by atoms with Crippen LogP contribution >= 0.6 is 24.0 Å². The van der Waals surface area contributed by atoms with Gasteiger partial charge in [0.2, 0.25) is 0 Å². The molecule has 1 N–H and O–H groups in total. The molecule has 3 rings (SSSR count). The van der Waals surface area contributed by atoms with Crippen LogP contribution < -0.4 is 10.2 Å². The van der Waals surface area contributed by atoms with Gasteiger partial charge in [-0.25, -0.2) is 0 Å². The molecular weight excluding hydrogens is 338 g/mol. The van der Waals surface area contributed by atoms with Crippen LogP contribution in [0.2, 0.25) is 0 Å². The topological polar surface area (TPSA) is 56.1 Å². The van der Waals surface area contributed by atoms with E-state index in [1.54, 1.807) is 11.3 Å². The minimum atomic E-state index is -0.393. The summed E-state index contributed by atoms with van der Waals surface area (Å²) in [5.41, 5.74) is 2.15. The molecule has 1 unspecified atom stereocenters. The molecule has 0 saturated heterocycles. The van der Waals surface area contributed by atoms with Gasteiger partial charge in [-0.2, -0.15) is 5.26 Å². The van der Waals surface area contributed by atoms with Gasteiger partial charge in [0.25, 0.3) is 5.91 Å². The highest BCUT2D eigenvalue weighted by atomic mass is 32.1. The number of rotatable bonds is 3. The number of hydrogen-bond acceptors (Lipinski definition) is 5. The van der Waals surface area contributed by atoms with Gasteiger partial charge in [-0.15, -0.1) is 24.0 Å². The van der Waals surface area contributed by atoms with Gasteiger partial charge in [-0.1, -0.05) is 32.0 Å². The molecule has 0 saturated carbocycles. The van der Waals surface area contributed by atoms with Crippen molar-refractivity contribution in [3.05, 3.63) is 62.8 Å². The molecule has 24 heavy (non-hydrogen) atoms. The molecule has 1 atom stereocenters. The van der Waals surface area contributed by atoms with Crippen molar-refractivity contribution in [1.82, 2.24) is 5.32 Å². The molecule has 1 amide bonds. The van der Waals surface area contributed by atoms with Gasteiger partial charge in [0.1, 0.15) is 17.8 Å². The van der Waals surface area contributed by atoms with Crippen LogP contribution in [0.1, 0.15) is 36.4 Å². The Morgan fingerprint density at radius 2 is 2.00 bits per heavy atom. The first-order valence-corrected chi connectivity index (χ1v) is 8.92. The van der Waals surface area contributed by atoms with Crippen molar-refractivity contribution in [3.63, 3.8) is 0 Å². The van der Waals surface area contributed by atoms with E-state index in [1.807, 2.05) is 40.6 Å². The van der Waals surface area contributed by atoms with Gasteiger partial charge in [0, 0.05) is 10.6 Å². The van der Waals surface area contributed by atoms with Crippen LogP contribution in [0.5, 0.6) is 0 Å². The van der Waals surface area contributed by atoms with Gasteiger partial charge in [-0.3, -0.25) is 4.79 Å². The maximum atomic E-state index is 12.2. The van der Waals surface area contributed by atoms with Crippen molar-refractivity contribution in [1.29, 1.82) is 5.26 Å². The first-order chi connectivity index (χ1) is 11.5. The second-order valence-corrected chi connectivity index (χ2v) is 7.22. The number of nitriles is 1. The number of hydrogen-bond donors (Lipinski definition) is 2. The predicted molar refractivity (Wildman–Crippen MR) is 99.8 cm³/mol. The lowest BCUT2D eigenvalue weighted by atomic mass is 10.0. The summed E-state index contributed by atoms with van der Waals surface area (Å²) in [6.07, 6.45) is -0.369. The third-order valence-corrected chi connectivity index (χ3v) is 5.33. The molecule has 0 spiro atoms. The van der Waals surface area contributed by atoms with E-state index in [0.717, 1.165) is 10.6 Å². The smallest absolute Gasteiger partial charge is 0.266 e. The summed E-state index contributed by atoms with van der Waals surface area (Å²) in [6.45, 7) is 4.28. The normalized spacial score (nSPS) is 17.9. The highest BCUT2D eigenvalue weighted by Crippen LogP contribution is 2.37. The highest BCUT2D eigenvalue weighted by Gasteiger charge is 2.34. The van der Waals surface area contributed by atoms with Crippen LogP contribution in [-0.4, -0.2) is 5.91 Å². The lowest BCUT2D eigenvalue weighted by Gasteiger charge is -2.37. The monoisotopic (exact) mass is 355 g/mol. The Bertz CT molecular complexity index is 817. The van der Waals surface area contributed by atoms with E-state index in [1.165, 1.54) is 5.56 Å². The van der Waals surface area contributed by atoms with Crippen LogP contribution in [0.15, 0.2) is 52.4 Å². The molecule has 0 fully saturated rings. The standard InChI is InChI=1S/C18H17N3OS2/c1-11(2)12-5-7-13(8-6-12)21-16(15-4-3-9-24-15)20-17(22)14(10-19)18(21)23/h3-9,11,16,23H,1-2H3,(H,20,22). The summed E-state index contributed by atoms with van der Waals surface area (Å²) in [4.78, 5) is 15.1. The minimum Gasteiger partial charge on any atom is -0.326 e. The first kappa shape index (κ1) is 16.6. The van der Waals surface area contributed by atoms with Crippen molar-refractivity contribution >= 4 is 35.6 Å². The second kappa shape index (κ2) is 6.71. The maximum Gasteiger partial charge on any atom is 0.266 e. The molecule has 1 aromatic heterocycles.